The highest BCUT2D eigenvalue weighted by Gasteiger charge is 2.30. The number of hydrogen-bond acceptors (Lipinski definition) is 4. The molecule has 0 spiro atoms. The summed E-state index contributed by atoms with van der Waals surface area (Å²) in [6, 6.07) is 31.8. The van der Waals surface area contributed by atoms with E-state index in [1.54, 1.807) is 0 Å². The average molecular weight is 621 g/mol. The molecule has 0 bridgehead atoms. The lowest BCUT2D eigenvalue weighted by Crippen LogP contribution is -2.48. The van der Waals surface area contributed by atoms with Crippen molar-refractivity contribution >= 4 is 34.2 Å². The van der Waals surface area contributed by atoms with Crippen LogP contribution >= 0.6 is 11.6 Å². The molecule has 2 aliphatic heterocycles. The van der Waals surface area contributed by atoms with Crippen LogP contribution in [0.2, 0.25) is 5.02 Å². The second-order valence-electron chi connectivity index (χ2n) is 12.1. The molecule has 1 fully saturated rings. The highest BCUT2D eigenvalue weighted by molar-refractivity contribution is 6.31. The van der Waals surface area contributed by atoms with Gasteiger partial charge < -0.3 is 20.4 Å². The number of likely N-dealkylation sites (tertiary alicyclic amines) is 1. The van der Waals surface area contributed by atoms with E-state index in [-0.39, 0.29) is 23.8 Å². The maximum atomic E-state index is 14.2. The highest BCUT2D eigenvalue weighted by Crippen LogP contribution is 2.27. The van der Waals surface area contributed by atoms with E-state index in [0.29, 0.717) is 30.2 Å². The molecule has 0 saturated carbocycles. The highest BCUT2D eigenvalue weighted by atomic mass is 35.5. The molecular formula is C38H41ClN4O2. The SMILES string of the molecule is O=C(NCC1=CCN(CC(c2ccccc2)c2ccccc2)C(=O)[C@H](CCN2CCCCC2)N1)c1ccc2cc(Cl)ccc2c1. The van der Waals surface area contributed by atoms with Gasteiger partial charge in [-0.05, 0) is 84.6 Å². The molecule has 0 unspecified atom stereocenters. The number of halogens is 1. The number of carbonyl (C=O) groups excluding carboxylic acids is 2. The molecule has 232 valence electrons. The lowest BCUT2D eigenvalue weighted by atomic mass is 9.90. The molecule has 2 aliphatic rings. The minimum atomic E-state index is -0.366. The molecule has 4 aromatic rings. The third-order valence-electron chi connectivity index (χ3n) is 9.02. The fourth-order valence-electron chi connectivity index (χ4n) is 6.48. The van der Waals surface area contributed by atoms with Gasteiger partial charge in [0, 0.05) is 41.8 Å². The predicted molar refractivity (Wildman–Crippen MR) is 183 cm³/mol. The zero-order valence-electron chi connectivity index (χ0n) is 25.6. The normalized spacial score (nSPS) is 17.6. The average Bonchev–Trinajstić information content (AvgIpc) is 3.23. The number of benzene rings is 4. The van der Waals surface area contributed by atoms with Gasteiger partial charge in [-0.3, -0.25) is 9.59 Å². The molecule has 2 amide bonds. The maximum absolute atomic E-state index is 14.2. The first kappa shape index (κ1) is 30.9. The van der Waals surface area contributed by atoms with Gasteiger partial charge >= 0.3 is 0 Å². The van der Waals surface area contributed by atoms with E-state index >= 15 is 0 Å². The molecule has 0 radical (unpaired) electrons. The van der Waals surface area contributed by atoms with Crippen molar-refractivity contribution < 1.29 is 9.59 Å². The van der Waals surface area contributed by atoms with Gasteiger partial charge in [0.05, 0.1) is 6.54 Å². The van der Waals surface area contributed by atoms with Gasteiger partial charge in [0.15, 0.2) is 0 Å². The van der Waals surface area contributed by atoms with Crippen molar-refractivity contribution in [1.29, 1.82) is 0 Å². The quantitative estimate of drug-likeness (QED) is 0.209. The summed E-state index contributed by atoms with van der Waals surface area (Å²) in [4.78, 5) is 31.9. The van der Waals surface area contributed by atoms with Crippen molar-refractivity contribution in [1.82, 2.24) is 20.4 Å². The first-order valence-corrected chi connectivity index (χ1v) is 16.5. The molecule has 2 N–H and O–H groups in total. The second kappa shape index (κ2) is 14.8. The summed E-state index contributed by atoms with van der Waals surface area (Å²) in [5.41, 5.74) is 3.83. The number of piperidine rings is 1. The zero-order valence-corrected chi connectivity index (χ0v) is 26.4. The summed E-state index contributed by atoms with van der Waals surface area (Å²) >= 11 is 6.14. The van der Waals surface area contributed by atoms with E-state index in [9.17, 15) is 9.59 Å². The summed E-state index contributed by atoms with van der Waals surface area (Å²) < 4.78 is 0. The Balaban J connectivity index is 1.20. The minimum absolute atomic E-state index is 0.0523. The van der Waals surface area contributed by atoms with Gasteiger partial charge in [0.2, 0.25) is 5.91 Å². The lowest BCUT2D eigenvalue weighted by Gasteiger charge is -2.31. The smallest absolute Gasteiger partial charge is 0.251 e. The molecule has 6 rings (SSSR count). The number of fused-ring (bicyclic) bond motifs is 1. The van der Waals surface area contributed by atoms with Gasteiger partial charge in [0.1, 0.15) is 6.04 Å². The first-order chi connectivity index (χ1) is 22.0. The van der Waals surface area contributed by atoms with Crippen molar-refractivity contribution in [2.24, 2.45) is 0 Å². The number of rotatable bonds is 10. The Labute approximate surface area is 271 Å². The van der Waals surface area contributed by atoms with Crippen molar-refractivity contribution in [2.45, 2.75) is 37.6 Å². The van der Waals surface area contributed by atoms with Gasteiger partial charge in [-0.15, -0.1) is 0 Å². The van der Waals surface area contributed by atoms with E-state index in [2.05, 4.69) is 70.1 Å². The van der Waals surface area contributed by atoms with Crippen LogP contribution in [0.3, 0.4) is 0 Å². The minimum Gasteiger partial charge on any atom is -0.376 e. The van der Waals surface area contributed by atoms with E-state index < -0.39 is 0 Å². The van der Waals surface area contributed by atoms with Crippen molar-refractivity contribution in [3.8, 4) is 0 Å². The van der Waals surface area contributed by atoms with Crippen LogP contribution in [0.1, 0.15) is 53.1 Å². The largest absolute Gasteiger partial charge is 0.376 e. The Morgan fingerprint density at radius 3 is 2.24 bits per heavy atom. The number of carbonyl (C=O) groups is 2. The van der Waals surface area contributed by atoms with Crippen LogP contribution in [0, 0.1) is 0 Å². The molecule has 2 heterocycles. The number of nitrogens with one attached hydrogen (secondary N) is 2. The summed E-state index contributed by atoms with van der Waals surface area (Å²) in [5.74, 6) is 0.00577. The van der Waals surface area contributed by atoms with Crippen LogP contribution < -0.4 is 10.6 Å². The van der Waals surface area contributed by atoms with E-state index in [4.69, 9.17) is 11.6 Å². The van der Waals surface area contributed by atoms with Gasteiger partial charge in [-0.1, -0.05) is 90.8 Å². The monoisotopic (exact) mass is 620 g/mol. The Bertz CT molecular complexity index is 1600. The Morgan fingerprint density at radius 1 is 0.867 bits per heavy atom. The van der Waals surface area contributed by atoms with Crippen LogP contribution in [0.5, 0.6) is 0 Å². The van der Waals surface area contributed by atoms with Crippen LogP contribution in [0.25, 0.3) is 10.8 Å². The van der Waals surface area contributed by atoms with Gasteiger partial charge in [-0.2, -0.15) is 0 Å². The molecule has 0 aliphatic carbocycles. The third-order valence-corrected chi connectivity index (χ3v) is 9.26. The fraction of sp³-hybridized carbons (Fsp3) is 0.316. The molecular weight excluding hydrogens is 580 g/mol. The van der Waals surface area contributed by atoms with Crippen LogP contribution in [0.4, 0.5) is 0 Å². The van der Waals surface area contributed by atoms with Crippen molar-refractivity contribution in [3.63, 3.8) is 0 Å². The topological polar surface area (TPSA) is 64.7 Å². The fourth-order valence-corrected chi connectivity index (χ4v) is 6.66. The summed E-state index contributed by atoms with van der Waals surface area (Å²) in [6.45, 7) is 4.42. The molecule has 4 aromatic carbocycles. The Hall–Kier alpha value is -4.13. The number of nitrogens with zero attached hydrogens (tertiary/aromatic N) is 2. The lowest BCUT2D eigenvalue weighted by molar-refractivity contribution is -0.132. The first-order valence-electron chi connectivity index (χ1n) is 16.1. The maximum Gasteiger partial charge on any atom is 0.251 e. The number of hydrogen-bond donors (Lipinski definition) is 2. The summed E-state index contributed by atoms with van der Waals surface area (Å²) in [7, 11) is 0. The van der Waals surface area contributed by atoms with E-state index in [1.165, 1.54) is 30.4 Å². The molecule has 7 heteroatoms. The van der Waals surface area contributed by atoms with Gasteiger partial charge in [-0.25, -0.2) is 0 Å². The van der Waals surface area contributed by atoms with Crippen LogP contribution in [-0.2, 0) is 4.79 Å². The predicted octanol–water partition coefficient (Wildman–Crippen LogP) is 6.62. The Morgan fingerprint density at radius 2 is 1.53 bits per heavy atom. The van der Waals surface area contributed by atoms with Crippen molar-refractivity contribution in [3.05, 3.63) is 131 Å². The summed E-state index contributed by atoms with van der Waals surface area (Å²) in [6.07, 6.45) is 6.49. The van der Waals surface area contributed by atoms with E-state index in [1.807, 2.05) is 53.4 Å². The number of amides is 2. The van der Waals surface area contributed by atoms with Crippen LogP contribution in [-0.4, -0.2) is 66.9 Å². The molecule has 1 saturated heterocycles. The molecule has 0 aromatic heterocycles. The van der Waals surface area contributed by atoms with Crippen molar-refractivity contribution in [2.75, 3.05) is 39.3 Å². The third kappa shape index (κ3) is 7.94. The molecule has 6 nitrogen and oxygen atoms in total. The second-order valence-corrected chi connectivity index (χ2v) is 12.6. The standard InChI is InChI=1S/C38H41ClN4O2/c39-33-17-16-30-24-32(15-14-31(30)25-33)37(44)40-26-34-18-23-43(38(45)36(41-34)19-22-42-20-8-3-9-21-42)27-35(28-10-4-1-5-11-28)29-12-6-2-7-13-29/h1-2,4-7,10-18,24-25,35-36,41H,3,8-9,19-23,26-27H2,(H,40,44)/t36-/m0/s1. The molecule has 45 heavy (non-hydrogen) atoms. The van der Waals surface area contributed by atoms with E-state index in [0.717, 1.165) is 42.5 Å². The summed E-state index contributed by atoms with van der Waals surface area (Å²) in [5, 5.41) is 9.25. The van der Waals surface area contributed by atoms with Crippen LogP contribution in [0.15, 0.2) is 109 Å². The molecule has 1 atom stereocenters. The van der Waals surface area contributed by atoms with Gasteiger partial charge in [0.25, 0.3) is 5.91 Å². The zero-order chi connectivity index (χ0) is 31.0. The Kier molecular flexibility index (Phi) is 10.1.